The topological polar surface area (TPSA) is 46.6 Å². The molecule has 4 heteroatoms. The third-order valence-corrected chi connectivity index (χ3v) is 4.99. The molecule has 0 aliphatic carbocycles. The maximum absolute atomic E-state index is 12.8. The number of anilines is 1. The number of hydrogen-bond donors (Lipinski definition) is 0. The van der Waals surface area contributed by atoms with Crippen molar-refractivity contribution >= 4 is 17.4 Å². The van der Waals surface area contributed by atoms with Gasteiger partial charge in [-0.15, -0.1) is 0 Å². The Labute approximate surface area is 125 Å². The molecule has 1 fully saturated rings. The summed E-state index contributed by atoms with van der Waals surface area (Å²) in [5.41, 5.74) is 2.55. The van der Waals surface area contributed by atoms with Gasteiger partial charge in [-0.3, -0.25) is 9.59 Å². The number of hydrogen-bond acceptors (Lipinski definition) is 3. The van der Waals surface area contributed by atoms with E-state index in [1.807, 2.05) is 32.0 Å². The summed E-state index contributed by atoms with van der Waals surface area (Å²) in [6.07, 6.45) is 0.437. The zero-order valence-corrected chi connectivity index (χ0v) is 12.9. The normalized spacial score (nSPS) is 31.6. The van der Waals surface area contributed by atoms with Crippen molar-refractivity contribution in [1.29, 1.82) is 0 Å². The summed E-state index contributed by atoms with van der Waals surface area (Å²) in [5.74, 6) is 0.316. The van der Waals surface area contributed by atoms with Gasteiger partial charge in [-0.1, -0.05) is 6.92 Å². The molecule has 1 aromatic rings. The van der Waals surface area contributed by atoms with Crippen LogP contribution in [0.1, 0.15) is 36.7 Å². The van der Waals surface area contributed by atoms with Gasteiger partial charge in [-0.25, -0.2) is 0 Å². The molecule has 4 nitrogen and oxygen atoms in total. The molecule has 0 spiro atoms. The summed E-state index contributed by atoms with van der Waals surface area (Å²) < 4.78 is 5.77. The molecular formula is C17H21NO3. The quantitative estimate of drug-likeness (QED) is 0.785. The average molecular weight is 287 g/mol. The van der Waals surface area contributed by atoms with Crippen LogP contribution in [0.15, 0.2) is 18.2 Å². The number of ketones is 1. The molecule has 2 aliphatic rings. The molecule has 4 atom stereocenters. The number of Topliss-reactive ketones (excluding diaryl/α,β-unsaturated/α-hetero) is 1. The number of benzene rings is 1. The van der Waals surface area contributed by atoms with Crippen LogP contribution in [0, 0.1) is 11.8 Å². The van der Waals surface area contributed by atoms with E-state index < -0.39 is 0 Å². The smallest absolute Gasteiger partial charge is 0.231 e. The number of fused-ring (bicyclic) bond motifs is 1. The number of nitrogens with zero attached hydrogens (tertiary/aromatic N) is 1. The maximum atomic E-state index is 12.8. The van der Waals surface area contributed by atoms with Gasteiger partial charge in [0.2, 0.25) is 5.91 Å². The lowest BCUT2D eigenvalue weighted by atomic mass is 9.83. The van der Waals surface area contributed by atoms with E-state index in [1.54, 1.807) is 11.9 Å². The molecule has 21 heavy (non-hydrogen) atoms. The lowest BCUT2D eigenvalue weighted by molar-refractivity contribution is -0.117. The Kier molecular flexibility index (Phi) is 3.36. The number of amides is 1. The summed E-state index contributed by atoms with van der Waals surface area (Å²) in [6, 6.07) is 5.59. The highest BCUT2D eigenvalue weighted by Crippen LogP contribution is 2.36. The fourth-order valence-corrected chi connectivity index (χ4v) is 3.53. The number of ether oxygens (including phenoxy) is 1. The van der Waals surface area contributed by atoms with Crippen LogP contribution < -0.4 is 4.90 Å². The van der Waals surface area contributed by atoms with E-state index in [-0.39, 0.29) is 35.7 Å². The van der Waals surface area contributed by atoms with E-state index in [0.29, 0.717) is 12.0 Å². The van der Waals surface area contributed by atoms with Gasteiger partial charge in [0.1, 0.15) is 0 Å². The van der Waals surface area contributed by atoms with E-state index in [4.69, 9.17) is 4.74 Å². The first-order chi connectivity index (χ1) is 9.90. The Balaban J connectivity index is 1.90. The van der Waals surface area contributed by atoms with Crippen molar-refractivity contribution in [2.24, 2.45) is 11.8 Å². The van der Waals surface area contributed by atoms with E-state index >= 15 is 0 Å². The molecule has 2 aliphatic heterocycles. The average Bonchev–Trinajstić information content (AvgIpc) is 2.86. The zero-order valence-electron chi connectivity index (χ0n) is 12.9. The molecule has 1 aromatic carbocycles. The molecule has 3 rings (SSSR count). The van der Waals surface area contributed by atoms with Gasteiger partial charge in [0, 0.05) is 18.3 Å². The highest BCUT2D eigenvalue weighted by molar-refractivity contribution is 6.04. The predicted molar refractivity (Wildman–Crippen MR) is 80.5 cm³/mol. The Morgan fingerprint density at radius 1 is 1.24 bits per heavy atom. The van der Waals surface area contributed by atoms with Crippen molar-refractivity contribution in [2.45, 2.75) is 39.4 Å². The number of rotatable bonds is 2. The second kappa shape index (κ2) is 4.95. The minimum atomic E-state index is -0.104. The van der Waals surface area contributed by atoms with Crippen LogP contribution in [0.3, 0.4) is 0 Å². The lowest BCUT2D eigenvalue weighted by Gasteiger charge is -2.18. The molecule has 0 bridgehead atoms. The van der Waals surface area contributed by atoms with Crippen molar-refractivity contribution in [1.82, 2.24) is 0 Å². The molecule has 0 aromatic heterocycles. The standard InChI is InChI=1S/C17H21NO3/c1-9-10(2)21-11(3)16(9)17(20)12-5-6-14-13(7-12)8-15(19)18(14)4/h5-7,9-11,16H,8H2,1-4H3. The minimum Gasteiger partial charge on any atom is -0.374 e. The summed E-state index contributed by atoms with van der Waals surface area (Å²) in [7, 11) is 1.77. The first-order valence-electron chi connectivity index (χ1n) is 7.49. The molecular weight excluding hydrogens is 266 g/mol. The van der Waals surface area contributed by atoms with Gasteiger partial charge >= 0.3 is 0 Å². The Bertz CT molecular complexity index is 610. The summed E-state index contributed by atoms with van der Waals surface area (Å²) in [5, 5.41) is 0. The maximum Gasteiger partial charge on any atom is 0.231 e. The molecule has 4 unspecified atom stereocenters. The van der Waals surface area contributed by atoms with E-state index in [1.165, 1.54) is 0 Å². The first kappa shape index (κ1) is 14.3. The van der Waals surface area contributed by atoms with E-state index in [2.05, 4.69) is 6.92 Å². The number of carbonyl (C=O) groups excluding carboxylic acids is 2. The van der Waals surface area contributed by atoms with Crippen LogP contribution in [0.4, 0.5) is 5.69 Å². The largest absolute Gasteiger partial charge is 0.374 e. The van der Waals surface area contributed by atoms with Crippen molar-refractivity contribution in [3.63, 3.8) is 0 Å². The van der Waals surface area contributed by atoms with Gasteiger partial charge in [-0.05, 0) is 43.5 Å². The highest BCUT2D eigenvalue weighted by Gasteiger charge is 2.42. The number of carbonyl (C=O) groups is 2. The van der Waals surface area contributed by atoms with Crippen LogP contribution in [-0.2, 0) is 16.0 Å². The number of likely N-dealkylation sites (N-methyl/N-ethyl adjacent to an activating group) is 1. The minimum absolute atomic E-state index is 0.0555. The summed E-state index contributed by atoms with van der Waals surface area (Å²) >= 11 is 0. The Morgan fingerprint density at radius 2 is 1.95 bits per heavy atom. The molecule has 0 N–H and O–H groups in total. The summed E-state index contributed by atoms with van der Waals surface area (Å²) in [4.78, 5) is 26.2. The van der Waals surface area contributed by atoms with Gasteiger partial charge in [-0.2, -0.15) is 0 Å². The van der Waals surface area contributed by atoms with Gasteiger partial charge < -0.3 is 9.64 Å². The molecule has 1 amide bonds. The highest BCUT2D eigenvalue weighted by atomic mass is 16.5. The molecule has 1 saturated heterocycles. The van der Waals surface area contributed by atoms with Crippen LogP contribution in [0.5, 0.6) is 0 Å². The second-order valence-electron chi connectivity index (χ2n) is 6.27. The van der Waals surface area contributed by atoms with Crippen LogP contribution in [0.2, 0.25) is 0 Å². The predicted octanol–water partition coefficient (Wildman–Crippen LogP) is 2.45. The zero-order chi connectivity index (χ0) is 15.3. The molecule has 0 saturated carbocycles. The van der Waals surface area contributed by atoms with Crippen molar-refractivity contribution in [3.05, 3.63) is 29.3 Å². The van der Waals surface area contributed by atoms with Crippen molar-refractivity contribution < 1.29 is 14.3 Å². The van der Waals surface area contributed by atoms with Crippen molar-refractivity contribution in [3.8, 4) is 0 Å². The Morgan fingerprint density at radius 3 is 2.57 bits per heavy atom. The fourth-order valence-electron chi connectivity index (χ4n) is 3.53. The monoisotopic (exact) mass is 287 g/mol. The molecule has 2 heterocycles. The third kappa shape index (κ3) is 2.18. The lowest BCUT2D eigenvalue weighted by Crippen LogP contribution is -2.27. The molecule has 112 valence electrons. The fraction of sp³-hybridized carbons (Fsp3) is 0.529. The van der Waals surface area contributed by atoms with Crippen LogP contribution in [0.25, 0.3) is 0 Å². The third-order valence-electron chi connectivity index (χ3n) is 4.99. The SMILES string of the molecule is CC1OC(C)C(C(=O)c2ccc3c(c2)CC(=O)N3C)C1C. The van der Waals surface area contributed by atoms with E-state index in [0.717, 1.165) is 11.3 Å². The van der Waals surface area contributed by atoms with Gasteiger partial charge in [0.15, 0.2) is 5.78 Å². The molecule has 0 radical (unpaired) electrons. The van der Waals surface area contributed by atoms with Crippen molar-refractivity contribution in [2.75, 3.05) is 11.9 Å². The van der Waals surface area contributed by atoms with Gasteiger partial charge in [0.05, 0.1) is 24.5 Å². The summed E-state index contributed by atoms with van der Waals surface area (Å²) in [6.45, 7) is 6.05. The van der Waals surface area contributed by atoms with Gasteiger partial charge in [0.25, 0.3) is 0 Å². The first-order valence-corrected chi connectivity index (χ1v) is 7.49. The van der Waals surface area contributed by atoms with Crippen LogP contribution >= 0.6 is 0 Å². The van der Waals surface area contributed by atoms with E-state index in [9.17, 15) is 9.59 Å². The Hall–Kier alpha value is -1.68. The second-order valence-corrected chi connectivity index (χ2v) is 6.27. The van der Waals surface area contributed by atoms with Crippen LogP contribution in [-0.4, -0.2) is 30.9 Å².